The number of hydrogen-bond acceptors (Lipinski definition) is 4. The van der Waals surface area contributed by atoms with Crippen molar-refractivity contribution in [2.75, 3.05) is 46.2 Å². The fourth-order valence-corrected chi connectivity index (χ4v) is 1.23. The molecule has 1 amide bonds. The molecule has 1 N–H and O–H groups in total. The molecule has 0 aliphatic rings. The van der Waals surface area contributed by atoms with Crippen LogP contribution in [0.15, 0.2) is 0 Å². The smallest absolute Gasteiger partial charge is 0.222 e. The van der Waals surface area contributed by atoms with Crippen molar-refractivity contribution in [2.24, 2.45) is 0 Å². The summed E-state index contributed by atoms with van der Waals surface area (Å²) in [6.07, 6.45) is 2.41. The molecule has 0 saturated carbocycles. The Bertz CT molecular complexity index is 188. The van der Waals surface area contributed by atoms with E-state index in [0.717, 1.165) is 26.1 Å². The van der Waals surface area contributed by atoms with Crippen LogP contribution in [-0.4, -0.2) is 52.1 Å². The SMILES string of the molecule is CCCOCCNC(=O)CCOCCOCCC. The predicted octanol–water partition coefficient (Wildman–Crippen LogP) is 1.36. The molecular weight excluding hydrogens is 234 g/mol. The van der Waals surface area contributed by atoms with Gasteiger partial charge in [0.25, 0.3) is 0 Å². The van der Waals surface area contributed by atoms with Gasteiger partial charge in [0.15, 0.2) is 0 Å². The van der Waals surface area contributed by atoms with Crippen LogP contribution in [0.25, 0.3) is 0 Å². The molecular formula is C13H27NO4. The van der Waals surface area contributed by atoms with Gasteiger partial charge in [0, 0.05) is 26.2 Å². The van der Waals surface area contributed by atoms with E-state index in [0.29, 0.717) is 39.4 Å². The Morgan fingerprint density at radius 1 is 0.833 bits per heavy atom. The first-order valence-corrected chi connectivity index (χ1v) is 6.81. The van der Waals surface area contributed by atoms with Gasteiger partial charge in [-0.2, -0.15) is 0 Å². The van der Waals surface area contributed by atoms with Gasteiger partial charge in [0.2, 0.25) is 5.91 Å². The lowest BCUT2D eigenvalue weighted by Crippen LogP contribution is -2.28. The molecule has 108 valence electrons. The molecule has 0 fully saturated rings. The van der Waals surface area contributed by atoms with Crippen LogP contribution in [0.2, 0.25) is 0 Å². The third-order valence-corrected chi connectivity index (χ3v) is 2.11. The van der Waals surface area contributed by atoms with Gasteiger partial charge in [0.05, 0.1) is 26.4 Å². The Hall–Kier alpha value is -0.650. The first-order chi connectivity index (χ1) is 8.81. The van der Waals surface area contributed by atoms with Crippen LogP contribution in [0.5, 0.6) is 0 Å². The van der Waals surface area contributed by atoms with Crippen LogP contribution < -0.4 is 5.32 Å². The molecule has 0 rings (SSSR count). The molecule has 0 aliphatic heterocycles. The standard InChI is InChI=1S/C13H27NO4/c1-3-7-16-10-6-14-13(15)5-9-18-12-11-17-8-4-2/h3-12H2,1-2H3,(H,14,15). The number of amides is 1. The minimum atomic E-state index is 0.00424. The fraction of sp³-hybridized carbons (Fsp3) is 0.923. The van der Waals surface area contributed by atoms with E-state index in [-0.39, 0.29) is 5.91 Å². The zero-order chi connectivity index (χ0) is 13.5. The first-order valence-electron chi connectivity index (χ1n) is 6.81. The second kappa shape index (κ2) is 14.4. The van der Waals surface area contributed by atoms with Gasteiger partial charge in [-0.3, -0.25) is 4.79 Å². The topological polar surface area (TPSA) is 56.8 Å². The van der Waals surface area contributed by atoms with Crippen LogP contribution in [0.3, 0.4) is 0 Å². The van der Waals surface area contributed by atoms with E-state index in [1.807, 2.05) is 0 Å². The van der Waals surface area contributed by atoms with Crippen molar-refractivity contribution in [2.45, 2.75) is 33.1 Å². The van der Waals surface area contributed by atoms with E-state index in [2.05, 4.69) is 19.2 Å². The van der Waals surface area contributed by atoms with Gasteiger partial charge in [-0.15, -0.1) is 0 Å². The molecule has 0 aliphatic carbocycles. The first kappa shape index (κ1) is 17.4. The molecule has 0 aromatic carbocycles. The molecule has 0 aromatic heterocycles. The van der Waals surface area contributed by atoms with Crippen molar-refractivity contribution in [3.05, 3.63) is 0 Å². The highest BCUT2D eigenvalue weighted by Gasteiger charge is 2.00. The third kappa shape index (κ3) is 13.4. The molecule has 0 saturated heterocycles. The predicted molar refractivity (Wildman–Crippen MR) is 70.7 cm³/mol. The summed E-state index contributed by atoms with van der Waals surface area (Å²) in [5, 5.41) is 2.78. The number of hydrogen-bond donors (Lipinski definition) is 1. The van der Waals surface area contributed by atoms with Crippen LogP contribution >= 0.6 is 0 Å². The second-order valence-corrected chi connectivity index (χ2v) is 3.94. The zero-order valence-electron chi connectivity index (χ0n) is 11.7. The van der Waals surface area contributed by atoms with Gasteiger partial charge >= 0.3 is 0 Å². The summed E-state index contributed by atoms with van der Waals surface area (Å²) >= 11 is 0. The molecule has 0 atom stereocenters. The van der Waals surface area contributed by atoms with Crippen molar-refractivity contribution >= 4 is 5.91 Å². The van der Waals surface area contributed by atoms with Crippen molar-refractivity contribution in [1.29, 1.82) is 0 Å². The van der Waals surface area contributed by atoms with Gasteiger partial charge in [-0.05, 0) is 12.8 Å². The lowest BCUT2D eigenvalue weighted by Gasteiger charge is -2.07. The van der Waals surface area contributed by atoms with Crippen LogP contribution in [0.1, 0.15) is 33.1 Å². The lowest BCUT2D eigenvalue weighted by molar-refractivity contribution is -0.122. The highest BCUT2D eigenvalue weighted by Crippen LogP contribution is 1.86. The minimum absolute atomic E-state index is 0.00424. The van der Waals surface area contributed by atoms with Crippen molar-refractivity contribution in [3.63, 3.8) is 0 Å². The number of rotatable bonds is 13. The van der Waals surface area contributed by atoms with Crippen molar-refractivity contribution in [3.8, 4) is 0 Å². The normalized spacial score (nSPS) is 10.6. The maximum Gasteiger partial charge on any atom is 0.222 e. The number of nitrogens with one attached hydrogen (secondary N) is 1. The summed E-state index contributed by atoms with van der Waals surface area (Å²) < 4.78 is 15.8. The number of carbonyl (C=O) groups is 1. The molecule has 5 nitrogen and oxygen atoms in total. The van der Waals surface area contributed by atoms with Crippen LogP contribution in [-0.2, 0) is 19.0 Å². The van der Waals surface area contributed by atoms with Gasteiger partial charge < -0.3 is 19.5 Å². The largest absolute Gasteiger partial charge is 0.380 e. The van der Waals surface area contributed by atoms with Gasteiger partial charge in [-0.25, -0.2) is 0 Å². The van der Waals surface area contributed by atoms with Crippen molar-refractivity contribution in [1.82, 2.24) is 5.32 Å². The van der Waals surface area contributed by atoms with E-state index in [1.165, 1.54) is 0 Å². The monoisotopic (exact) mass is 261 g/mol. The Morgan fingerprint density at radius 3 is 2.00 bits per heavy atom. The molecule has 0 radical (unpaired) electrons. The van der Waals surface area contributed by atoms with Crippen LogP contribution in [0, 0.1) is 0 Å². The van der Waals surface area contributed by atoms with Gasteiger partial charge in [-0.1, -0.05) is 13.8 Å². The Kier molecular flexibility index (Phi) is 13.9. The second-order valence-electron chi connectivity index (χ2n) is 3.94. The summed E-state index contributed by atoms with van der Waals surface area (Å²) in [4.78, 5) is 11.3. The summed E-state index contributed by atoms with van der Waals surface area (Å²) in [7, 11) is 0. The maximum atomic E-state index is 11.3. The van der Waals surface area contributed by atoms with E-state index < -0.39 is 0 Å². The molecule has 0 bridgehead atoms. The third-order valence-electron chi connectivity index (χ3n) is 2.11. The summed E-state index contributed by atoms with van der Waals surface area (Å²) in [5.41, 5.74) is 0. The zero-order valence-corrected chi connectivity index (χ0v) is 11.7. The molecule has 5 heteroatoms. The highest BCUT2D eigenvalue weighted by molar-refractivity contribution is 5.75. The average Bonchev–Trinajstić information content (AvgIpc) is 2.37. The Labute approximate surface area is 110 Å². The summed E-state index contributed by atoms with van der Waals surface area (Å²) in [6, 6.07) is 0. The fourth-order valence-electron chi connectivity index (χ4n) is 1.23. The van der Waals surface area contributed by atoms with Gasteiger partial charge in [0.1, 0.15) is 0 Å². The summed E-state index contributed by atoms with van der Waals surface area (Å²) in [6.45, 7) is 8.36. The Balaban J connectivity index is 3.12. The molecule has 0 aromatic rings. The maximum absolute atomic E-state index is 11.3. The molecule has 0 unspecified atom stereocenters. The van der Waals surface area contributed by atoms with Crippen molar-refractivity contribution < 1.29 is 19.0 Å². The Morgan fingerprint density at radius 2 is 1.39 bits per heavy atom. The summed E-state index contributed by atoms with van der Waals surface area (Å²) in [5.74, 6) is 0.00424. The number of ether oxygens (including phenoxy) is 3. The van der Waals surface area contributed by atoms with E-state index in [4.69, 9.17) is 14.2 Å². The molecule has 0 heterocycles. The average molecular weight is 261 g/mol. The highest BCUT2D eigenvalue weighted by atomic mass is 16.5. The van der Waals surface area contributed by atoms with E-state index >= 15 is 0 Å². The molecule has 18 heavy (non-hydrogen) atoms. The van der Waals surface area contributed by atoms with E-state index in [1.54, 1.807) is 0 Å². The quantitative estimate of drug-likeness (QED) is 0.509. The van der Waals surface area contributed by atoms with Crippen LogP contribution in [0.4, 0.5) is 0 Å². The minimum Gasteiger partial charge on any atom is -0.380 e. The number of carbonyl (C=O) groups excluding carboxylic acids is 1. The van der Waals surface area contributed by atoms with E-state index in [9.17, 15) is 4.79 Å². The molecule has 0 spiro atoms. The lowest BCUT2D eigenvalue weighted by atomic mass is 10.4.